The minimum absolute atomic E-state index is 0.122. The van der Waals surface area contributed by atoms with Gasteiger partial charge < -0.3 is 19.6 Å². The van der Waals surface area contributed by atoms with Crippen LogP contribution in [0.25, 0.3) is 0 Å². The predicted molar refractivity (Wildman–Crippen MR) is 115 cm³/mol. The Morgan fingerprint density at radius 2 is 1.70 bits per heavy atom. The Bertz CT molecular complexity index is 944. The maximum Gasteiger partial charge on any atom is 0.490 e. The summed E-state index contributed by atoms with van der Waals surface area (Å²) >= 11 is 0. The number of carbonyl (C=O) groups excluding carboxylic acids is 1. The van der Waals surface area contributed by atoms with Crippen LogP contribution in [0.4, 0.5) is 19.0 Å². The van der Waals surface area contributed by atoms with Crippen LogP contribution in [-0.4, -0.2) is 71.4 Å². The van der Waals surface area contributed by atoms with Gasteiger partial charge in [0.25, 0.3) is 5.91 Å². The Morgan fingerprint density at radius 3 is 2.24 bits per heavy atom. The van der Waals surface area contributed by atoms with Gasteiger partial charge in [-0.2, -0.15) is 13.2 Å². The van der Waals surface area contributed by atoms with Crippen LogP contribution in [0.3, 0.4) is 0 Å². The van der Waals surface area contributed by atoms with E-state index in [1.165, 1.54) is 5.56 Å². The van der Waals surface area contributed by atoms with E-state index >= 15 is 0 Å². The van der Waals surface area contributed by atoms with E-state index in [0.29, 0.717) is 6.61 Å². The van der Waals surface area contributed by atoms with Crippen molar-refractivity contribution in [2.75, 3.05) is 37.7 Å². The highest BCUT2D eigenvalue weighted by atomic mass is 19.4. The summed E-state index contributed by atoms with van der Waals surface area (Å²) in [6, 6.07) is 13.8. The molecule has 0 bridgehead atoms. The van der Waals surface area contributed by atoms with Gasteiger partial charge in [-0.25, -0.2) is 9.78 Å². The van der Waals surface area contributed by atoms with Crippen LogP contribution in [-0.2, 0) is 9.53 Å². The quantitative estimate of drug-likeness (QED) is 0.731. The molecule has 1 spiro atoms. The zero-order chi connectivity index (χ0) is 24.1. The van der Waals surface area contributed by atoms with E-state index < -0.39 is 12.1 Å². The van der Waals surface area contributed by atoms with Crippen molar-refractivity contribution >= 4 is 17.7 Å². The number of carboxylic acids is 1. The Labute approximate surface area is 189 Å². The molecule has 4 rings (SSSR count). The van der Waals surface area contributed by atoms with Gasteiger partial charge in [-0.1, -0.05) is 23.8 Å². The number of aromatic nitrogens is 1. The van der Waals surface area contributed by atoms with Gasteiger partial charge in [-0.05, 0) is 44.0 Å². The van der Waals surface area contributed by atoms with E-state index in [2.05, 4.69) is 16.0 Å². The lowest BCUT2D eigenvalue weighted by molar-refractivity contribution is -0.192. The van der Waals surface area contributed by atoms with E-state index in [1.807, 2.05) is 54.4 Å². The van der Waals surface area contributed by atoms with Crippen molar-refractivity contribution in [1.29, 1.82) is 0 Å². The number of hydrogen-bond donors (Lipinski definition) is 1. The number of carbonyl (C=O) groups is 2. The number of pyridine rings is 1. The van der Waals surface area contributed by atoms with Gasteiger partial charge in [0.1, 0.15) is 5.82 Å². The van der Waals surface area contributed by atoms with Gasteiger partial charge in [0.05, 0.1) is 12.2 Å². The fourth-order valence-corrected chi connectivity index (χ4v) is 3.88. The second kappa shape index (κ2) is 10.2. The van der Waals surface area contributed by atoms with Gasteiger partial charge in [0.2, 0.25) is 0 Å². The zero-order valence-corrected chi connectivity index (χ0v) is 18.2. The van der Waals surface area contributed by atoms with Crippen LogP contribution in [0.5, 0.6) is 0 Å². The van der Waals surface area contributed by atoms with Gasteiger partial charge in [-0.15, -0.1) is 0 Å². The number of carboxylic acid groups (broad SMARTS) is 1. The number of anilines is 1. The van der Waals surface area contributed by atoms with Crippen LogP contribution in [0, 0.1) is 6.92 Å². The second-order valence-corrected chi connectivity index (χ2v) is 8.10. The van der Waals surface area contributed by atoms with E-state index in [9.17, 15) is 18.0 Å². The monoisotopic (exact) mass is 465 g/mol. The number of rotatable bonds is 2. The molecule has 7 nitrogen and oxygen atoms in total. The molecule has 0 radical (unpaired) electrons. The molecule has 1 N–H and O–H groups in total. The highest BCUT2D eigenvalue weighted by Gasteiger charge is 2.41. The van der Waals surface area contributed by atoms with E-state index in [-0.39, 0.29) is 11.5 Å². The molecule has 2 aliphatic heterocycles. The fourth-order valence-electron chi connectivity index (χ4n) is 3.88. The summed E-state index contributed by atoms with van der Waals surface area (Å²) in [5.74, 6) is -1.63. The first-order valence-electron chi connectivity index (χ1n) is 10.6. The number of halogens is 3. The molecule has 1 aromatic heterocycles. The average Bonchev–Trinajstić information content (AvgIpc) is 2.80. The largest absolute Gasteiger partial charge is 0.490 e. The van der Waals surface area contributed by atoms with Gasteiger partial charge in [0, 0.05) is 37.9 Å². The van der Waals surface area contributed by atoms with Gasteiger partial charge in [-0.3, -0.25) is 4.79 Å². The van der Waals surface area contributed by atoms with Gasteiger partial charge in [0.15, 0.2) is 0 Å². The topological polar surface area (TPSA) is 83.0 Å². The Kier molecular flexibility index (Phi) is 7.57. The molecule has 0 saturated carbocycles. The maximum absolute atomic E-state index is 12.7. The van der Waals surface area contributed by atoms with E-state index in [1.54, 1.807) is 0 Å². The summed E-state index contributed by atoms with van der Waals surface area (Å²) < 4.78 is 37.9. The van der Waals surface area contributed by atoms with E-state index in [4.69, 9.17) is 14.6 Å². The lowest BCUT2D eigenvalue weighted by Crippen LogP contribution is -2.57. The third-order valence-corrected chi connectivity index (χ3v) is 5.72. The molecule has 2 fully saturated rings. The highest BCUT2D eigenvalue weighted by Crippen LogP contribution is 2.32. The summed E-state index contributed by atoms with van der Waals surface area (Å²) in [6.07, 6.45) is -1.51. The summed E-state index contributed by atoms with van der Waals surface area (Å²) in [6.45, 7) is 5.93. The molecule has 2 aromatic rings. The Morgan fingerprint density at radius 1 is 1.06 bits per heavy atom. The number of piperidine rings is 1. The van der Waals surface area contributed by atoms with Crippen molar-refractivity contribution in [3.8, 4) is 0 Å². The molecule has 178 valence electrons. The summed E-state index contributed by atoms with van der Waals surface area (Å²) in [7, 11) is 0. The molecule has 2 saturated heterocycles. The summed E-state index contributed by atoms with van der Waals surface area (Å²) in [5.41, 5.74) is 1.77. The first-order chi connectivity index (χ1) is 15.6. The second-order valence-electron chi connectivity index (χ2n) is 8.10. The summed E-state index contributed by atoms with van der Waals surface area (Å²) in [4.78, 5) is 30.4. The molecule has 0 atom stereocenters. The molecule has 33 heavy (non-hydrogen) atoms. The third kappa shape index (κ3) is 6.44. The van der Waals surface area contributed by atoms with Crippen LogP contribution >= 0.6 is 0 Å². The first-order valence-corrected chi connectivity index (χ1v) is 10.6. The maximum atomic E-state index is 12.7. The lowest BCUT2D eigenvalue weighted by atomic mass is 9.89. The van der Waals surface area contributed by atoms with Crippen LogP contribution in [0.2, 0.25) is 0 Å². The van der Waals surface area contributed by atoms with Crippen LogP contribution in [0.1, 0.15) is 28.8 Å². The first kappa shape index (κ1) is 24.5. The Hall–Kier alpha value is -3.14. The standard InChI is InChI=1S/C21H25N3O2.C2HF3O2/c1-17-5-7-18(8-6-17)20(25)23-12-9-21(10-13-23)16-24(14-15-26-21)19-4-2-3-11-22-19;3-2(4,5)1(6)7/h2-8,11H,9-10,12-16H2,1H3;(H,6,7). The average molecular weight is 465 g/mol. The molecule has 1 aromatic carbocycles. The predicted octanol–water partition coefficient (Wildman–Crippen LogP) is 3.53. The van der Waals surface area contributed by atoms with Crippen molar-refractivity contribution in [2.45, 2.75) is 31.5 Å². The molecule has 1 amide bonds. The number of aliphatic carboxylic acids is 1. The number of morpholine rings is 1. The molecule has 3 heterocycles. The number of hydrogen-bond acceptors (Lipinski definition) is 5. The number of amides is 1. The molecule has 10 heteroatoms. The molecule has 2 aliphatic rings. The number of nitrogens with zero attached hydrogens (tertiary/aromatic N) is 3. The number of aryl methyl sites for hydroxylation is 1. The minimum atomic E-state index is -5.08. The van der Waals surface area contributed by atoms with Gasteiger partial charge >= 0.3 is 12.1 Å². The molecule has 0 unspecified atom stereocenters. The molecular weight excluding hydrogens is 439 g/mol. The summed E-state index contributed by atoms with van der Waals surface area (Å²) in [5, 5.41) is 7.12. The lowest BCUT2D eigenvalue weighted by Gasteiger charge is -2.47. The molecule has 0 aliphatic carbocycles. The third-order valence-electron chi connectivity index (χ3n) is 5.72. The zero-order valence-electron chi connectivity index (χ0n) is 18.2. The smallest absolute Gasteiger partial charge is 0.475 e. The Balaban J connectivity index is 0.000000383. The van der Waals surface area contributed by atoms with Crippen molar-refractivity contribution in [3.05, 3.63) is 59.8 Å². The number of ether oxygens (including phenoxy) is 1. The molecular formula is C23H26F3N3O4. The highest BCUT2D eigenvalue weighted by molar-refractivity contribution is 5.94. The number of benzene rings is 1. The van der Waals surface area contributed by atoms with Crippen LogP contribution in [0.15, 0.2) is 48.7 Å². The van der Waals surface area contributed by atoms with Crippen molar-refractivity contribution in [2.24, 2.45) is 0 Å². The van der Waals surface area contributed by atoms with E-state index in [0.717, 1.165) is 50.4 Å². The normalized spacial score (nSPS) is 17.8. The van der Waals surface area contributed by atoms with Crippen molar-refractivity contribution in [3.63, 3.8) is 0 Å². The SMILES string of the molecule is Cc1ccc(C(=O)N2CCC3(CC2)CN(c2ccccn2)CCO3)cc1.O=C(O)C(F)(F)F. The fraction of sp³-hybridized carbons (Fsp3) is 0.435. The van der Waals surface area contributed by atoms with Crippen molar-refractivity contribution < 1.29 is 32.6 Å². The minimum Gasteiger partial charge on any atom is -0.475 e. The number of alkyl halides is 3. The number of likely N-dealkylation sites (tertiary alicyclic amines) is 1. The van der Waals surface area contributed by atoms with Crippen molar-refractivity contribution in [1.82, 2.24) is 9.88 Å². The van der Waals surface area contributed by atoms with Crippen LogP contribution < -0.4 is 4.90 Å².